The predicted octanol–water partition coefficient (Wildman–Crippen LogP) is 3.20. The number of nitrogens with zero attached hydrogens (tertiary/aromatic N) is 1. The zero-order chi connectivity index (χ0) is 10.6. The fraction of sp³-hybridized carbons (Fsp3) is 0.500. The molecular formula is C12H21NSi. The Bertz CT molecular complexity index is 261. The Morgan fingerprint density at radius 3 is 2.43 bits per heavy atom. The molecule has 0 aromatic rings. The van der Waals surface area contributed by atoms with Crippen LogP contribution in [-0.2, 0) is 0 Å². The monoisotopic (exact) mass is 207 g/mol. The maximum absolute atomic E-state index is 2.41. The van der Waals surface area contributed by atoms with Gasteiger partial charge in [0, 0.05) is 5.54 Å². The van der Waals surface area contributed by atoms with E-state index in [1.165, 1.54) is 0 Å². The van der Waals surface area contributed by atoms with E-state index in [2.05, 4.69) is 68.2 Å². The van der Waals surface area contributed by atoms with Gasteiger partial charge in [0.15, 0.2) is 0 Å². The zero-order valence-electron chi connectivity index (χ0n) is 9.70. The lowest BCUT2D eigenvalue weighted by Gasteiger charge is -2.35. The number of allylic oxidation sites excluding steroid dienone is 6. The molecule has 1 aliphatic carbocycles. The number of hydrogen-bond acceptors (Lipinski definition) is 1. The van der Waals surface area contributed by atoms with Gasteiger partial charge < -0.3 is 4.57 Å². The van der Waals surface area contributed by atoms with Crippen molar-refractivity contribution in [3.8, 4) is 0 Å². The molecule has 1 unspecified atom stereocenters. The smallest absolute Gasteiger partial charge is 0.132 e. The van der Waals surface area contributed by atoms with Crippen molar-refractivity contribution in [2.45, 2.75) is 25.1 Å². The summed E-state index contributed by atoms with van der Waals surface area (Å²) in [4.78, 5) is 0. The van der Waals surface area contributed by atoms with Gasteiger partial charge in [-0.05, 0) is 20.5 Å². The maximum atomic E-state index is 2.41. The number of hydrogen-bond donors (Lipinski definition) is 0. The van der Waals surface area contributed by atoms with E-state index in [0.29, 0.717) is 5.54 Å². The minimum absolute atomic E-state index is 0.627. The molecule has 1 atom stereocenters. The molecule has 2 heteroatoms. The Morgan fingerprint density at radius 1 is 1.07 bits per heavy atom. The Hall–Kier alpha value is -0.603. The van der Waals surface area contributed by atoms with E-state index in [4.69, 9.17) is 0 Å². The third kappa shape index (κ3) is 2.69. The van der Waals surface area contributed by atoms with Crippen LogP contribution in [0.5, 0.6) is 0 Å². The fourth-order valence-electron chi connectivity index (χ4n) is 1.48. The molecule has 1 aliphatic rings. The van der Waals surface area contributed by atoms with Crippen LogP contribution in [0.25, 0.3) is 0 Å². The molecule has 0 spiro atoms. The van der Waals surface area contributed by atoms with Gasteiger partial charge in [-0.1, -0.05) is 49.6 Å². The molecular weight excluding hydrogens is 186 g/mol. The second-order valence-electron chi connectivity index (χ2n) is 4.55. The van der Waals surface area contributed by atoms with Gasteiger partial charge in [-0.3, -0.25) is 0 Å². The fourth-order valence-corrected chi connectivity index (χ4v) is 3.26. The van der Waals surface area contributed by atoms with Crippen molar-refractivity contribution in [2.24, 2.45) is 0 Å². The van der Waals surface area contributed by atoms with E-state index < -0.39 is 8.24 Å². The Morgan fingerprint density at radius 2 is 1.79 bits per heavy atom. The second-order valence-corrected chi connectivity index (χ2v) is 9.42. The molecule has 0 N–H and O–H groups in total. The lowest BCUT2D eigenvalue weighted by Crippen LogP contribution is -2.46. The Kier molecular flexibility index (Phi) is 3.90. The second kappa shape index (κ2) is 4.76. The first-order chi connectivity index (χ1) is 6.55. The van der Waals surface area contributed by atoms with Crippen molar-refractivity contribution >= 4 is 8.24 Å². The molecule has 1 rings (SSSR count). The summed E-state index contributed by atoms with van der Waals surface area (Å²) in [6.45, 7) is 4.83. The Balaban J connectivity index is 2.85. The first kappa shape index (κ1) is 11.5. The summed E-state index contributed by atoms with van der Waals surface area (Å²) in [5.41, 5.74) is 0.627. The van der Waals surface area contributed by atoms with Gasteiger partial charge in [-0.25, -0.2) is 0 Å². The molecule has 0 radical (unpaired) electrons. The van der Waals surface area contributed by atoms with E-state index in [1.807, 2.05) is 0 Å². The normalized spacial score (nSPS) is 27.1. The van der Waals surface area contributed by atoms with Crippen molar-refractivity contribution in [3.05, 3.63) is 36.5 Å². The molecule has 0 heterocycles. The first-order valence-corrected chi connectivity index (χ1v) is 8.25. The minimum atomic E-state index is -1.31. The molecule has 0 aromatic heterocycles. The van der Waals surface area contributed by atoms with Crippen molar-refractivity contribution in [1.82, 2.24) is 4.57 Å². The predicted molar refractivity (Wildman–Crippen MR) is 67.0 cm³/mol. The van der Waals surface area contributed by atoms with Crippen LogP contribution in [0.1, 0.15) is 6.42 Å². The summed E-state index contributed by atoms with van der Waals surface area (Å²) >= 11 is 0. The molecule has 14 heavy (non-hydrogen) atoms. The van der Waals surface area contributed by atoms with Gasteiger partial charge in [0.05, 0.1) is 0 Å². The quantitative estimate of drug-likeness (QED) is 0.496. The summed E-state index contributed by atoms with van der Waals surface area (Å²) in [6, 6.07) is 0. The molecule has 0 aromatic carbocycles. The molecule has 0 aliphatic heterocycles. The average molecular weight is 207 g/mol. The maximum Gasteiger partial charge on any atom is 0.132 e. The largest absolute Gasteiger partial charge is 0.329 e. The average Bonchev–Trinajstić information content (AvgIpc) is 2.01. The zero-order valence-corrected chi connectivity index (χ0v) is 10.7. The van der Waals surface area contributed by atoms with Crippen LogP contribution < -0.4 is 0 Å². The molecule has 78 valence electrons. The molecule has 1 nitrogen and oxygen atoms in total. The van der Waals surface area contributed by atoms with Crippen molar-refractivity contribution in [3.63, 3.8) is 0 Å². The molecule has 0 saturated carbocycles. The van der Waals surface area contributed by atoms with Gasteiger partial charge in [-0.15, -0.1) is 0 Å². The van der Waals surface area contributed by atoms with E-state index in [9.17, 15) is 0 Å². The van der Waals surface area contributed by atoms with Crippen LogP contribution in [0.4, 0.5) is 0 Å². The number of rotatable bonds is 2. The van der Waals surface area contributed by atoms with Crippen LogP contribution in [0.2, 0.25) is 18.6 Å². The summed E-state index contributed by atoms with van der Waals surface area (Å²) in [5.74, 6) is 0. The van der Waals surface area contributed by atoms with Gasteiger partial charge in [0.25, 0.3) is 0 Å². The van der Waals surface area contributed by atoms with Gasteiger partial charge in [0.1, 0.15) is 8.24 Å². The van der Waals surface area contributed by atoms with Gasteiger partial charge in [-0.2, -0.15) is 0 Å². The van der Waals surface area contributed by atoms with E-state index >= 15 is 0 Å². The van der Waals surface area contributed by atoms with Gasteiger partial charge in [0.2, 0.25) is 0 Å². The standard InChI is InChI=1S/C12H21NSi/c1-13(2)14(3,4)12-10-8-6-5-7-9-11-12/h5-6,8-12H,7H2,1-4H3/b6-5-,10-8-,11-9?. The van der Waals surface area contributed by atoms with Crippen LogP contribution in [0.3, 0.4) is 0 Å². The van der Waals surface area contributed by atoms with Gasteiger partial charge >= 0.3 is 0 Å². The molecule has 0 saturated heterocycles. The van der Waals surface area contributed by atoms with Crippen LogP contribution in [0.15, 0.2) is 36.5 Å². The first-order valence-electron chi connectivity index (χ1n) is 5.22. The summed E-state index contributed by atoms with van der Waals surface area (Å²) in [5, 5.41) is 0. The lowest BCUT2D eigenvalue weighted by atomic mass is 10.2. The SMILES string of the molecule is CN(C)[Si](C)(C)C1C=CC/C=C\C=C/1. The van der Waals surface area contributed by atoms with Crippen molar-refractivity contribution in [2.75, 3.05) is 14.1 Å². The topological polar surface area (TPSA) is 3.24 Å². The highest BCUT2D eigenvalue weighted by Gasteiger charge is 2.30. The lowest BCUT2D eigenvalue weighted by molar-refractivity contribution is 0.614. The van der Waals surface area contributed by atoms with E-state index in [0.717, 1.165) is 6.42 Å². The van der Waals surface area contributed by atoms with Crippen molar-refractivity contribution < 1.29 is 0 Å². The highest BCUT2D eigenvalue weighted by atomic mass is 28.3. The molecule has 0 amide bonds. The minimum Gasteiger partial charge on any atom is -0.329 e. The Labute approximate surface area is 88.9 Å². The van der Waals surface area contributed by atoms with Crippen LogP contribution in [-0.4, -0.2) is 26.9 Å². The summed E-state index contributed by atoms with van der Waals surface area (Å²) < 4.78 is 2.41. The summed E-state index contributed by atoms with van der Waals surface area (Å²) in [6.07, 6.45) is 14.6. The highest BCUT2D eigenvalue weighted by Crippen LogP contribution is 2.27. The van der Waals surface area contributed by atoms with Crippen LogP contribution >= 0.6 is 0 Å². The van der Waals surface area contributed by atoms with Crippen LogP contribution in [0, 0.1) is 0 Å². The van der Waals surface area contributed by atoms with Crippen molar-refractivity contribution in [1.29, 1.82) is 0 Å². The molecule has 0 fully saturated rings. The van der Waals surface area contributed by atoms with E-state index in [1.54, 1.807) is 0 Å². The highest BCUT2D eigenvalue weighted by molar-refractivity contribution is 6.77. The third-order valence-electron chi connectivity index (χ3n) is 3.15. The molecule has 0 bridgehead atoms. The summed E-state index contributed by atoms with van der Waals surface area (Å²) in [7, 11) is 3.09. The third-order valence-corrected chi connectivity index (χ3v) is 7.47. The van der Waals surface area contributed by atoms with E-state index in [-0.39, 0.29) is 0 Å².